The van der Waals surface area contributed by atoms with Crippen LogP contribution in [0.3, 0.4) is 0 Å². The number of aryl methyl sites for hydroxylation is 1. The number of hydrogen-bond donors (Lipinski definition) is 1. The van der Waals surface area contributed by atoms with E-state index in [9.17, 15) is 13.2 Å². The molecule has 0 radical (unpaired) electrons. The Morgan fingerprint density at radius 1 is 1.25 bits per heavy atom. The van der Waals surface area contributed by atoms with E-state index in [0.717, 1.165) is 43.9 Å². The Labute approximate surface area is 141 Å². The van der Waals surface area contributed by atoms with Crippen LogP contribution in [-0.4, -0.2) is 39.3 Å². The highest BCUT2D eigenvalue weighted by Gasteiger charge is 2.36. The molecule has 0 bridgehead atoms. The van der Waals surface area contributed by atoms with E-state index in [-0.39, 0.29) is 11.2 Å². The lowest BCUT2D eigenvalue weighted by molar-refractivity contribution is -0.138. The molecule has 0 amide bonds. The van der Waals surface area contributed by atoms with E-state index in [0.29, 0.717) is 11.3 Å². The van der Waals surface area contributed by atoms with Gasteiger partial charge in [-0.1, -0.05) is 18.3 Å². The molecule has 2 aromatic heterocycles. The highest BCUT2D eigenvalue weighted by atomic mass is 32.1. The number of halogens is 3. The number of piperidine rings is 1. The van der Waals surface area contributed by atoms with E-state index in [2.05, 4.69) is 30.4 Å². The molecule has 10 heteroatoms. The van der Waals surface area contributed by atoms with Crippen LogP contribution in [0.2, 0.25) is 0 Å². The van der Waals surface area contributed by atoms with Crippen molar-refractivity contribution in [3.63, 3.8) is 0 Å². The molecule has 1 aliphatic rings. The second kappa shape index (κ2) is 6.88. The van der Waals surface area contributed by atoms with Crippen LogP contribution >= 0.6 is 11.3 Å². The van der Waals surface area contributed by atoms with Gasteiger partial charge >= 0.3 is 6.18 Å². The quantitative estimate of drug-likeness (QED) is 0.906. The lowest BCUT2D eigenvalue weighted by Gasteiger charge is -2.33. The van der Waals surface area contributed by atoms with Gasteiger partial charge in [-0.05, 0) is 19.3 Å². The molecule has 0 atom stereocenters. The topological polar surface area (TPSA) is 66.8 Å². The average molecular weight is 358 g/mol. The SMILES string of the molecule is CCc1cc(N2CCC(Nc3nnc(C(F)(F)F)s3)CC2)ncn1. The van der Waals surface area contributed by atoms with Crippen molar-refractivity contribution >= 4 is 22.3 Å². The Morgan fingerprint density at radius 3 is 2.62 bits per heavy atom. The molecule has 0 aliphatic carbocycles. The fourth-order valence-corrected chi connectivity index (χ4v) is 3.26. The summed E-state index contributed by atoms with van der Waals surface area (Å²) in [6.07, 6.45) is -0.422. The second-order valence-corrected chi connectivity index (χ2v) is 6.51. The third-order valence-corrected chi connectivity index (χ3v) is 4.78. The van der Waals surface area contributed by atoms with Crippen LogP contribution in [0.25, 0.3) is 0 Å². The Kier molecular flexibility index (Phi) is 4.83. The van der Waals surface area contributed by atoms with Crippen LogP contribution in [-0.2, 0) is 12.6 Å². The lowest BCUT2D eigenvalue weighted by atomic mass is 10.1. The maximum absolute atomic E-state index is 12.5. The maximum Gasteiger partial charge on any atom is 0.445 e. The Bertz CT molecular complexity index is 681. The predicted octanol–water partition coefficient (Wildman–Crippen LogP) is 2.99. The van der Waals surface area contributed by atoms with Crippen LogP contribution in [0, 0.1) is 0 Å². The van der Waals surface area contributed by atoms with Gasteiger partial charge in [0.15, 0.2) is 0 Å². The molecular formula is C14H17F3N6S. The molecule has 1 aliphatic heterocycles. The highest BCUT2D eigenvalue weighted by Crippen LogP contribution is 2.33. The zero-order valence-corrected chi connectivity index (χ0v) is 13.9. The van der Waals surface area contributed by atoms with Gasteiger partial charge in [-0.3, -0.25) is 0 Å². The minimum absolute atomic E-state index is 0.0859. The molecule has 1 N–H and O–H groups in total. The smallest absolute Gasteiger partial charge is 0.357 e. The second-order valence-electron chi connectivity index (χ2n) is 5.54. The van der Waals surface area contributed by atoms with E-state index in [1.807, 2.05) is 13.0 Å². The number of nitrogens with one attached hydrogen (secondary N) is 1. The van der Waals surface area contributed by atoms with Crippen molar-refractivity contribution in [1.29, 1.82) is 0 Å². The summed E-state index contributed by atoms with van der Waals surface area (Å²) in [5, 5.41) is 9.12. The van der Waals surface area contributed by atoms with Gasteiger partial charge in [0.1, 0.15) is 12.1 Å². The summed E-state index contributed by atoms with van der Waals surface area (Å²) in [6, 6.07) is 2.07. The maximum atomic E-state index is 12.5. The Balaban J connectivity index is 1.56. The molecule has 0 spiro atoms. The summed E-state index contributed by atoms with van der Waals surface area (Å²) < 4.78 is 37.6. The largest absolute Gasteiger partial charge is 0.445 e. The van der Waals surface area contributed by atoms with Gasteiger partial charge in [0.25, 0.3) is 0 Å². The zero-order valence-electron chi connectivity index (χ0n) is 13.0. The number of rotatable bonds is 4. The van der Waals surface area contributed by atoms with E-state index >= 15 is 0 Å². The molecule has 6 nitrogen and oxygen atoms in total. The van der Waals surface area contributed by atoms with Crippen molar-refractivity contribution in [3.8, 4) is 0 Å². The summed E-state index contributed by atoms with van der Waals surface area (Å²) >= 11 is 0.543. The summed E-state index contributed by atoms with van der Waals surface area (Å²) in [4.78, 5) is 10.7. The van der Waals surface area contributed by atoms with Crippen molar-refractivity contribution in [1.82, 2.24) is 20.2 Å². The average Bonchev–Trinajstić information content (AvgIpc) is 3.04. The third kappa shape index (κ3) is 3.92. The first-order chi connectivity index (χ1) is 11.5. The molecular weight excluding hydrogens is 341 g/mol. The van der Waals surface area contributed by atoms with Crippen molar-refractivity contribution in [2.75, 3.05) is 23.3 Å². The summed E-state index contributed by atoms with van der Waals surface area (Å²) in [7, 11) is 0. The molecule has 24 heavy (non-hydrogen) atoms. The van der Waals surface area contributed by atoms with E-state index in [1.165, 1.54) is 0 Å². The van der Waals surface area contributed by atoms with E-state index in [1.54, 1.807) is 6.33 Å². The van der Waals surface area contributed by atoms with Crippen molar-refractivity contribution < 1.29 is 13.2 Å². The van der Waals surface area contributed by atoms with Crippen LogP contribution in [0.5, 0.6) is 0 Å². The normalized spacial score (nSPS) is 16.4. The van der Waals surface area contributed by atoms with Crippen LogP contribution in [0.1, 0.15) is 30.5 Å². The number of aromatic nitrogens is 4. The molecule has 1 fully saturated rings. The lowest BCUT2D eigenvalue weighted by Crippen LogP contribution is -2.39. The standard InChI is InChI=1S/C14H17F3N6S/c1-2-9-7-11(19-8-18-9)23-5-3-10(4-6-23)20-13-22-21-12(24-13)14(15,16)17/h7-8,10H,2-6H2,1H3,(H,20,22). The van der Waals surface area contributed by atoms with Gasteiger partial charge in [0, 0.05) is 30.9 Å². The minimum Gasteiger partial charge on any atom is -0.357 e. The van der Waals surface area contributed by atoms with E-state index < -0.39 is 11.2 Å². The number of anilines is 2. The molecule has 0 aromatic carbocycles. The first-order valence-electron chi connectivity index (χ1n) is 7.69. The number of nitrogens with zero attached hydrogens (tertiary/aromatic N) is 5. The number of hydrogen-bond acceptors (Lipinski definition) is 7. The fraction of sp³-hybridized carbons (Fsp3) is 0.571. The van der Waals surface area contributed by atoms with Gasteiger partial charge in [0.05, 0.1) is 0 Å². The van der Waals surface area contributed by atoms with Gasteiger partial charge in [-0.2, -0.15) is 13.2 Å². The Hall–Kier alpha value is -1.97. The van der Waals surface area contributed by atoms with Gasteiger partial charge in [0.2, 0.25) is 10.1 Å². The summed E-state index contributed by atoms with van der Waals surface area (Å²) in [6.45, 7) is 3.60. The van der Waals surface area contributed by atoms with Crippen molar-refractivity contribution in [2.24, 2.45) is 0 Å². The van der Waals surface area contributed by atoms with Crippen molar-refractivity contribution in [3.05, 3.63) is 23.1 Å². The summed E-state index contributed by atoms with van der Waals surface area (Å²) in [5.41, 5.74) is 0.994. The van der Waals surface area contributed by atoms with Crippen LogP contribution in [0.4, 0.5) is 24.1 Å². The molecule has 3 heterocycles. The minimum atomic E-state index is -4.44. The molecule has 0 saturated carbocycles. The first-order valence-corrected chi connectivity index (χ1v) is 8.50. The molecule has 1 saturated heterocycles. The van der Waals surface area contributed by atoms with Crippen LogP contribution in [0.15, 0.2) is 12.4 Å². The molecule has 3 rings (SSSR count). The number of alkyl halides is 3. The predicted molar refractivity (Wildman–Crippen MR) is 85.2 cm³/mol. The molecule has 0 unspecified atom stereocenters. The van der Waals surface area contributed by atoms with Crippen LogP contribution < -0.4 is 10.2 Å². The highest BCUT2D eigenvalue weighted by molar-refractivity contribution is 7.15. The van der Waals surface area contributed by atoms with Gasteiger partial charge in [-0.25, -0.2) is 9.97 Å². The third-order valence-electron chi connectivity index (χ3n) is 3.89. The monoisotopic (exact) mass is 358 g/mol. The molecule has 2 aromatic rings. The zero-order chi connectivity index (χ0) is 17.2. The summed E-state index contributed by atoms with van der Waals surface area (Å²) in [5.74, 6) is 0.899. The Morgan fingerprint density at radius 2 is 2.00 bits per heavy atom. The first kappa shape index (κ1) is 16.9. The van der Waals surface area contributed by atoms with E-state index in [4.69, 9.17) is 0 Å². The molecule has 130 valence electrons. The fourth-order valence-electron chi connectivity index (χ4n) is 2.58. The van der Waals surface area contributed by atoms with Gasteiger partial charge < -0.3 is 10.2 Å². The van der Waals surface area contributed by atoms with Crippen molar-refractivity contribution in [2.45, 2.75) is 38.4 Å². The van der Waals surface area contributed by atoms with Gasteiger partial charge in [-0.15, -0.1) is 10.2 Å².